The quantitative estimate of drug-likeness (QED) is 0.207. The van der Waals surface area contributed by atoms with Crippen molar-refractivity contribution in [2.45, 2.75) is 26.2 Å². The second kappa shape index (κ2) is 11.6. The van der Waals surface area contributed by atoms with E-state index >= 15 is 0 Å². The molecule has 0 saturated carbocycles. The minimum atomic E-state index is 0.0356. The summed E-state index contributed by atoms with van der Waals surface area (Å²) in [6, 6.07) is 45.3. The molecular formula is C43H34N4O. The molecule has 0 fully saturated rings. The van der Waals surface area contributed by atoms with E-state index in [0.717, 1.165) is 61.1 Å². The first-order valence-electron chi connectivity index (χ1n) is 16.2. The zero-order valence-electron chi connectivity index (χ0n) is 27.1. The van der Waals surface area contributed by atoms with Crippen LogP contribution < -0.4 is 0 Å². The van der Waals surface area contributed by atoms with Crippen molar-refractivity contribution >= 4 is 21.9 Å². The van der Waals surface area contributed by atoms with E-state index in [1.54, 1.807) is 6.07 Å². The van der Waals surface area contributed by atoms with Gasteiger partial charge in [-0.15, -0.1) is 0 Å². The maximum absolute atomic E-state index is 11.0. The van der Waals surface area contributed by atoms with Crippen LogP contribution in [0.5, 0.6) is 5.75 Å². The summed E-state index contributed by atoms with van der Waals surface area (Å²) in [6.07, 6.45) is 3.67. The van der Waals surface area contributed by atoms with E-state index in [1.165, 1.54) is 5.56 Å². The Bertz CT molecular complexity index is 2440. The fourth-order valence-corrected chi connectivity index (χ4v) is 6.55. The van der Waals surface area contributed by atoms with Crippen LogP contribution in [0.15, 0.2) is 146 Å². The topological polar surface area (TPSA) is 63.8 Å². The lowest BCUT2D eigenvalue weighted by atomic mass is 9.87. The Labute approximate surface area is 279 Å². The number of fused-ring (bicyclic) bond motifs is 2. The van der Waals surface area contributed by atoms with E-state index in [-0.39, 0.29) is 11.2 Å². The molecule has 8 rings (SSSR count). The van der Waals surface area contributed by atoms with Gasteiger partial charge in [-0.2, -0.15) is 0 Å². The number of hydrogen-bond donors (Lipinski definition) is 1. The lowest BCUT2D eigenvalue weighted by molar-refractivity contribution is 0.477. The van der Waals surface area contributed by atoms with Gasteiger partial charge in [-0.05, 0) is 76.7 Å². The average molecular weight is 623 g/mol. The molecule has 0 radical (unpaired) electrons. The Morgan fingerprint density at radius 2 is 1.25 bits per heavy atom. The second-order valence-corrected chi connectivity index (χ2v) is 13.1. The molecule has 5 nitrogen and oxygen atoms in total. The minimum absolute atomic E-state index is 0.0356. The summed E-state index contributed by atoms with van der Waals surface area (Å²) >= 11 is 0. The van der Waals surface area contributed by atoms with Gasteiger partial charge >= 0.3 is 0 Å². The van der Waals surface area contributed by atoms with E-state index in [0.29, 0.717) is 11.4 Å². The van der Waals surface area contributed by atoms with Gasteiger partial charge in [-0.1, -0.05) is 99.6 Å². The third kappa shape index (κ3) is 5.10. The van der Waals surface area contributed by atoms with Crippen molar-refractivity contribution < 1.29 is 5.11 Å². The van der Waals surface area contributed by atoms with Crippen LogP contribution in [-0.2, 0) is 5.41 Å². The highest BCUT2D eigenvalue weighted by Crippen LogP contribution is 2.39. The first-order valence-corrected chi connectivity index (χ1v) is 16.2. The van der Waals surface area contributed by atoms with Crippen molar-refractivity contribution in [2.75, 3.05) is 0 Å². The number of phenolic OH excluding ortho intramolecular Hbond substituents is 1. The summed E-state index contributed by atoms with van der Waals surface area (Å²) in [5.74, 6) is 0.882. The summed E-state index contributed by atoms with van der Waals surface area (Å²) in [4.78, 5) is 14.7. The van der Waals surface area contributed by atoms with Crippen LogP contribution in [-0.4, -0.2) is 24.6 Å². The van der Waals surface area contributed by atoms with Crippen molar-refractivity contribution in [3.8, 4) is 56.3 Å². The molecule has 0 aliphatic rings. The largest absolute Gasteiger partial charge is 0.507 e. The van der Waals surface area contributed by atoms with Gasteiger partial charge in [0.05, 0.1) is 27.8 Å². The lowest BCUT2D eigenvalue weighted by Crippen LogP contribution is -2.11. The number of phenols is 1. The summed E-state index contributed by atoms with van der Waals surface area (Å²) in [5, 5.41) is 12.0. The van der Waals surface area contributed by atoms with E-state index in [9.17, 15) is 5.11 Å². The molecule has 5 aromatic carbocycles. The first kappa shape index (κ1) is 29.3. The van der Waals surface area contributed by atoms with Gasteiger partial charge in [0, 0.05) is 40.2 Å². The summed E-state index contributed by atoms with van der Waals surface area (Å²) in [6.45, 7) is 6.66. The van der Waals surface area contributed by atoms with Crippen LogP contribution >= 0.6 is 0 Å². The Morgan fingerprint density at radius 3 is 2.00 bits per heavy atom. The van der Waals surface area contributed by atoms with Crippen molar-refractivity contribution in [1.29, 1.82) is 0 Å². The van der Waals surface area contributed by atoms with Crippen molar-refractivity contribution in [1.82, 2.24) is 19.5 Å². The molecule has 1 N–H and O–H groups in total. The molecule has 3 heterocycles. The molecule has 0 aliphatic heterocycles. The molecule has 0 unspecified atom stereocenters. The van der Waals surface area contributed by atoms with Crippen LogP contribution in [0, 0.1) is 0 Å². The first-order chi connectivity index (χ1) is 23.4. The molecule has 3 aromatic heterocycles. The number of aromatic hydroxyl groups is 1. The van der Waals surface area contributed by atoms with Crippen LogP contribution in [0.2, 0.25) is 0 Å². The van der Waals surface area contributed by atoms with Gasteiger partial charge in [0.15, 0.2) is 0 Å². The zero-order chi connectivity index (χ0) is 32.8. The van der Waals surface area contributed by atoms with Crippen molar-refractivity contribution in [3.05, 3.63) is 151 Å². The number of imidazole rings is 1. The highest BCUT2D eigenvalue weighted by molar-refractivity contribution is 6.03. The maximum Gasteiger partial charge on any atom is 0.149 e. The molecule has 0 atom stereocenters. The average Bonchev–Trinajstić information content (AvgIpc) is 3.51. The van der Waals surface area contributed by atoms with Crippen LogP contribution in [0.4, 0.5) is 0 Å². The monoisotopic (exact) mass is 622 g/mol. The van der Waals surface area contributed by atoms with Gasteiger partial charge in [-0.3, -0.25) is 14.5 Å². The Morgan fingerprint density at radius 1 is 0.562 bits per heavy atom. The van der Waals surface area contributed by atoms with Gasteiger partial charge in [-0.25, -0.2) is 4.98 Å². The minimum Gasteiger partial charge on any atom is -0.507 e. The van der Waals surface area contributed by atoms with Crippen LogP contribution in [0.1, 0.15) is 26.3 Å². The second-order valence-electron chi connectivity index (χ2n) is 13.1. The highest BCUT2D eigenvalue weighted by atomic mass is 16.3. The number of rotatable bonds is 5. The Kier molecular flexibility index (Phi) is 7.10. The van der Waals surface area contributed by atoms with Gasteiger partial charge in [0.2, 0.25) is 0 Å². The third-order valence-corrected chi connectivity index (χ3v) is 9.02. The van der Waals surface area contributed by atoms with Crippen molar-refractivity contribution in [2.24, 2.45) is 0 Å². The zero-order valence-corrected chi connectivity index (χ0v) is 27.1. The molecule has 0 bridgehead atoms. The van der Waals surface area contributed by atoms with E-state index in [2.05, 4.69) is 115 Å². The normalized spacial score (nSPS) is 11.7. The van der Waals surface area contributed by atoms with E-state index < -0.39 is 0 Å². The maximum atomic E-state index is 11.0. The predicted molar refractivity (Wildman–Crippen MR) is 196 cm³/mol. The van der Waals surface area contributed by atoms with E-state index in [4.69, 9.17) is 9.97 Å². The summed E-state index contributed by atoms with van der Waals surface area (Å²) in [5.41, 5.74) is 11.9. The molecular weight excluding hydrogens is 589 g/mol. The molecule has 48 heavy (non-hydrogen) atoms. The fraction of sp³-hybridized carbons (Fsp3) is 0.0930. The molecule has 0 spiro atoms. The SMILES string of the molecule is CC(C)(C)c1ccc(-n2c(-c3ccccc3O)nc3c(-c4cccc(-c5ccc(-c6ccccn6)c6cccnc56)c4)cccc32)cc1. The van der Waals surface area contributed by atoms with Gasteiger partial charge in [0.1, 0.15) is 11.6 Å². The lowest BCUT2D eigenvalue weighted by Gasteiger charge is -2.19. The number of pyridine rings is 2. The van der Waals surface area contributed by atoms with Gasteiger partial charge in [0.25, 0.3) is 0 Å². The Hall–Kier alpha value is -6.07. The highest BCUT2D eigenvalue weighted by Gasteiger charge is 2.21. The smallest absolute Gasteiger partial charge is 0.149 e. The van der Waals surface area contributed by atoms with Crippen LogP contribution in [0.25, 0.3) is 72.5 Å². The van der Waals surface area contributed by atoms with Crippen molar-refractivity contribution in [3.63, 3.8) is 0 Å². The predicted octanol–water partition coefficient (Wildman–Crippen LogP) is 10.6. The number of hydrogen-bond acceptors (Lipinski definition) is 4. The molecule has 5 heteroatoms. The summed E-state index contributed by atoms with van der Waals surface area (Å²) < 4.78 is 2.15. The number of para-hydroxylation sites is 2. The molecule has 0 saturated heterocycles. The number of benzene rings is 5. The van der Waals surface area contributed by atoms with Crippen LogP contribution in [0.3, 0.4) is 0 Å². The molecule has 232 valence electrons. The standard InChI is InChI=1S/C43H34N4O/c1-43(2,3)30-19-21-31(22-20-30)47-38-17-9-14-32(41(38)46-42(47)36-13-4-5-18-39(36)48)28-11-8-12-29(27-28)33-23-24-34(37-16-6-7-25-44-37)35-15-10-26-45-40(33)35/h4-27,48H,1-3H3. The van der Waals surface area contributed by atoms with Gasteiger partial charge < -0.3 is 5.11 Å². The molecule has 0 aliphatic carbocycles. The third-order valence-electron chi connectivity index (χ3n) is 9.02. The molecule has 0 amide bonds. The van der Waals surface area contributed by atoms with E-state index in [1.807, 2.05) is 54.9 Å². The number of aromatic nitrogens is 4. The summed E-state index contributed by atoms with van der Waals surface area (Å²) in [7, 11) is 0. The fourth-order valence-electron chi connectivity index (χ4n) is 6.55. The Balaban J connectivity index is 1.30. The molecule has 8 aromatic rings. The number of nitrogens with zero attached hydrogens (tertiary/aromatic N) is 4.